The van der Waals surface area contributed by atoms with Gasteiger partial charge in [-0.15, -0.1) is 0 Å². The lowest BCUT2D eigenvalue weighted by molar-refractivity contribution is -0.148. The molecule has 5 heterocycles. The van der Waals surface area contributed by atoms with Crippen molar-refractivity contribution in [2.45, 2.75) is 74.4 Å². The van der Waals surface area contributed by atoms with E-state index in [1.54, 1.807) is 18.2 Å². The largest absolute Gasteiger partial charge is 0.508 e. The Balaban J connectivity index is 1.03. The second kappa shape index (κ2) is 12.5. The number of piperidine rings is 2. The third-order valence-electron chi connectivity index (χ3n) is 14.0. The van der Waals surface area contributed by atoms with E-state index in [2.05, 4.69) is 46.2 Å². The van der Waals surface area contributed by atoms with E-state index in [-0.39, 0.29) is 35.4 Å². The number of aliphatic hydroxyl groups is 1. The number of aromatic hydroxyl groups is 1. The number of halogens is 1. The molecule has 278 valence electrons. The van der Waals surface area contributed by atoms with E-state index in [9.17, 15) is 10.2 Å². The Hall–Kier alpha value is -4.50. The standard InChI is InChI=1S/C46H47FN2O5/c1-29-27-48(21-20-46(29,47)32-13-8-14-33(50)23-32)28-44(25-30-9-4-2-5-10-30,26-31-11-6-3-7-12-31)43(52)53-39-18-15-34-36-24-37-35-16-17-38(51)42-45(35,19-22-49(36)37)40(34)41(39)54-42/h2-18,23,29,35-38,42,50-51H,19-22,24-28H2,1H3/t29-,35-,36?,37+,38-,42?,45-,46?/m0/s1. The van der Waals surface area contributed by atoms with Gasteiger partial charge in [0, 0.05) is 61.1 Å². The zero-order chi connectivity index (χ0) is 36.8. The number of ether oxygens (including phenoxy) is 2. The number of likely N-dealkylation sites (tertiary alicyclic amines) is 1. The number of hydrogen-bond donors (Lipinski definition) is 2. The van der Waals surface area contributed by atoms with E-state index in [4.69, 9.17) is 9.47 Å². The van der Waals surface area contributed by atoms with Crippen LogP contribution in [0, 0.1) is 17.3 Å². The van der Waals surface area contributed by atoms with Crippen molar-refractivity contribution < 1.29 is 28.9 Å². The number of esters is 1. The van der Waals surface area contributed by atoms with E-state index in [0.717, 1.165) is 36.1 Å². The molecule has 0 radical (unpaired) electrons. The third kappa shape index (κ3) is 5.06. The van der Waals surface area contributed by atoms with Gasteiger partial charge in [0.1, 0.15) is 23.6 Å². The number of benzene rings is 4. The molecule has 5 aliphatic heterocycles. The van der Waals surface area contributed by atoms with Gasteiger partial charge >= 0.3 is 5.97 Å². The van der Waals surface area contributed by atoms with Crippen LogP contribution in [-0.4, -0.2) is 70.4 Å². The number of alkyl halides is 1. The van der Waals surface area contributed by atoms with E-state index < -0.39 is 23.3 Å². The van der Waals surface area contributed by atoms with Crippen LogP contribution in [0.25, 0.3) is 0 Å². The van der Waals surface area contributed by atoms with Crippen LogP contribution in [0.3, 0.4) is 0 Å². The van der Waals surface area contributed by atoms with E-state index in [1.807, 2.05) is 55.5 Å². The highest BCUT2D eigenvalue weighted by atomic mass is 19.1. The molecule has 8 heteroatoms. The van der Waals surface area contributed by atoms with Gasteiger partial charge in [0.05, 0.1) is 5.41 Å². The molecule has 7 nitrogen and oxygen atoms in total. The first kappa shape index (κ1) is 34.0. The predicted molar refractivity (Wildman–Crippen MR) is 203 cm³/mol. The Morgan fingerprint density at radius 2 is 1.69 bits per heavy atom. The van der Waals surface area contributed by atoms with Crippen LogP contribution in [0.4, 0.5) is 4.39 Å². The number of nitrogens with zero attached hydrogens (tertiary/aromatic N) is 2. The maximum Gasteiger partial charge on any atom is 0.319 e. The Morgan fingerprint density at radius 1 is 0.944 bits per heavy atom. The lowest BCUT2D eigenvalue weighted by atomic mass is 9.57. The fraction of sp³-hybridized carbons (Fsp3) is 0.413. The summed E-state index contributed by atoms with van der Waals surface area (Å²) in [5, 5.41) is 21.5. The summed E-state index contributed by atoms with van der Waals surface area (Å²) in [6, 6.07) is 31.5. The van der Waals surface area contributed by atoms with Gasteiger partial charge in [0.25, 0.3) is 0 Å². The summed E-state index contributed by atoms with van der Waals surface area (Å²) in [4.78, 5) is 20.2. The number of carbonyl (C=O) groups excluding carboxylic acids is 1. The second-order valence-corrected chi connectivity index (χ2v) is 16.9. The summed E-state index contributed by atoms with van der Waals surface area (Å²) in [6.07, 6.45) is 6.03. The Labute approximate surface area is 316 Å². The summed E-state index contributed by atoms with van der Waals surface area (Å²) >= 11 is 0. The molecule has 4 unspecified atom stereocenters. The molecule has 6 aliphatic rings. The van der Waals surface area contributed by atoms with Gasteiger partial charge in [-0.2, -0.15) is 0 Å². The van der Waals surface area contributed by atoms with Gasteiger partial charge in [-0.3, -0.25) is 9.69 Å². The van der Waals surface area contributed by atoms with Gasteiger partial charge in [0.15, 0.2) is 11.5 Å². The van der Waals surface area contributed by atoms with Crippen LogP contribution in [0.15, 0.2) is 109 Å². The number of phenolic OH excluding ortho intramolecular Hbond substituents is 1. The average Bonchev–Trinajstić information content (AvgIpc) is 3.35. The molecular weight excluding hydrogens is 680 g/mol. The zero-order valence-electron chi connectivity index (χ0n) is 30.6. The summed E-state index contributed by atoms with van der Waals surface area (Å²) in [7, 11) is 0. The van der Waals surface area contributed by atoms with Crippen molar-refractivity contribution in [3.8, 4) is 17.2 Å². The average molecular weight is 727 g/mol. The topological polar surface area (TPSA) is 82.5 Å². The molecular formula is C46H47FN2O5. The summed E-state index contributed by atoms with van der Waals surface area (Å²) in [6.45, 7) is 4.13. The van der Waals surface area contributed by atoms with E-state index >= 15 is 9.18 Å². The van der Waals surface area contributed by atoms with Gasteiger partial charge in [-0.05, 0) is 72.6 Å². The zero-order valence-corrected chi connectivity index (χ0v) is 30.6. The molecule has 3 fully saturated rings. The Bertz CT molecular complexity index is 2080. The summed E-state index contributed by atoms with van der Waals surface area (Å²) < 4.78 is 30.3. The second-order valence-electron chi connectivity index (χ2n) is 16.9. The maximum absolute atomic E-state index is 16.8. The highest BCUT2D eigenvalue weighted by molar-refractivity contribution is 5.82. The molecule has 1 aliphatic carbocycles. The number of rotatable bonds is 9. The molecule has 9 atom stereocenters. The molecule has 54 heavy (non-hydrogen) atoms. The number of fused-ring (bicyclic) bond motifs is 1. The first-order chi connectivity index (χ1) is 26.2. The molecule has 4 aromatic carbocycles. The van der Waals surface area contributed by atoms with Crippen LogP contribution in [0.5, 0.6) is 17.2 Å². The minimum absolute atomic E-state index is 0.0547. The van der Waals surface area contributed by atoms with Crippen molar-refractivity contribution in [1.82, 2.24) is 9.80 Å². The molecule has 1 spiro atoms. The maximum atomic E-state index is 16.8. The lowest BCUT2D eigenvalue weighted by Crippen LogP contribution is -2.65. The van der Waals surface area contributed by atoms with Crippen molar-refractivity contribution >= 4 is 5.97 Å². The fourth-order valence-corrected chi connectivity index (χ4v) is 11.5. The first-order valence-corrected chi connectivity index (χ1v) is 19.7. The van der Waals surface area contributed by atoms with Crippen molar-refractivity contribution in [2.24, 2.45) is 17.3 Å². The predicted octanol–water partition coefficient (Wildman–Crippen LogP) is 7.05. The van der Waals surface area contributed by atoms with Gasteiger partial charge in [-0.25, -0.2) is 4.39 Å². The van der Waals surface area contributed by atoms with Crippen molar-refractivity contribution in [3.63, 3.8) is 0 Å². The molecule has 3 saturated heterocycles. The molecule has 0 saturated carbocycles. The number of hydrogen-bond acceptors (Lipinski definition) is 7. The molecule has 10 rings (SSSR count). The fourth-order valence-electron chi connectivity index (χ4n) is 11.5. The van der Waals surface area contributed by atoms with Crippen molar-refractivity contribution in [1.29, 1.82) is 0 Å². The number of phenols is 1. The minimum Gasteiger partial charge on any atom is -0.508 e. The highest BCUT2D eigenvalue weighted by Crippen LogP contribution is 2.68. The quantitative estimate of drug-likeness (QED) is 0.109. The normalized spacial score (nSPS) is 33.0. The Kier molecular flexibility index (Phi) is 7.89. The van der Waals surface area contributed by atoms with Gasteiger partial charge in [0.2, 0.25) is 0 Å². The van der Waals surface area contributed by atoms with Crippen LogP contribution in [0.2, 0.25) is 0 Å². The highest BCUT2D eigenvalue weighted by Gasteiger charge is 2.68. The Morgan fingerprint density at radius 3 is 2.39 bits per heavy atom. The van der Waals surface area contributed by atoms with Crippen LogP contribution in [-0.2, 0) is 28.7 Å². The van der Waals surface area contributed by atoms with Crippen LogP contribution < -0.4 is 9.47 Å². The lowest BCUT2D eigenvalue weighted by Gasteiger charge is -2.58. The minimum atomic E-state index is -1.61. The van der Waals surface area contributed by atoms with Crippen molar-refractivity contribution in [2.75, 3.05) is 26.2 Å². The summed E-state index contributed by atoms with van der Waals surface area (Å²) in [5.74, 6) is 0.585. The van der Waals surface area contributed by atoms with Crippen LogP contribution in [0.1, 0.15) is 60.0 Å². The smallest absolute Gasteiger partial charge is 0.319 e. The molecule has 2 N–H and O–H groups in total. The molecule has 4 aromatic rings. The van der Waals surface area contributed by atoms with E-state index in [1.165, 1.54) is 11.6 Å². The monoisotopic (exact) mass is 726 g/mol. The third-order valence-corrected chi connectivity index (χ3v) is 14.0. The SMILES string of the molecule is C[C@H]1CN(CC(Cc2ccccc2)(Cc2ccccc2)C(=O)Oc2ccc3c4c2OC2[C@@H](O)C=C[C@H]5[C@H]6CC3N6CC[C@]425)CCC1(F)c1cccc(O)c1. The van der Waals surface area contributed by atoms with Gasteiger partial charge < -0.3 is 24.6 Å². The molecule has 4 bridgehead atoms. The van der Waals surface area contributed by atoms with Crippen molar-refractivity contribution in [3.05, 3.63) is 137 Å². The van der Waals surface area contributed by atoms with Gasteiger partial charge in [-0.1, -0.05) is 97.9 Å². The van der Waals surface area contributed by atoms with Crippen LogP contribution >= 0.6 is 0 Å². The first-order valence-electron chi connectivity index (χ1n) is 19.7. The number of aliphatic hydroxyl groups excluding tert-OH is 1. The molecule has 0 aromatic heterocycles. The summed E-state index contributed by atoms with van der Waals surface area (Å²) in [5.41, 5.74) is 1.90. The molecule has 0 amide bonds. The number of carbonyl (C=O) groups is 1. The van der Waals surface area contributed by atoms with E-state index in [0.29, 0.717) is 61.6 Å².